The monoisotopic (exact) mass is 331 g/mol. The molecule has 1 aliphatic heterocycles. The summed E-state index contributed by atoms with van der Waals surface area (Å²) in [5.41, 5.74) is 2.88. The van der Waals surface area contributed by atoms with E-state index in [0.29, 0.717) is 6.61 Å². The number of anilines is 1. The molecule has 20 heavy (non-hydrogen) atoms. The van der Waals surface area contributed by atoms with E-state index >= 15 is 0 Å². The predicted octanol–water partition coefficient (Wildman–Crippen LogP) is 3.87. The van der Waals surface area contributed by atoms with Crippen LogP contribution in [0.3, 0.4) is 0 Å². The molecule has 1 amide bonds. The number of rotatable bonds is 2. The highest BCUT2D eigenvalue weighted by molar-refractivity contribution is 9.10. The number of para-hydroxylation sites is 1. The van der Waals surface area contributed by atoms with Gasteiger partial charge in [0.1, 0.15) is 18.3 Å². The van der Waals surface area contributed by atoms with E-state index in [1.54, 1.807) is 0 Å². The third-order valence-corrected chi connectivity index (χ3v) is 4.31. The van der Waals surface area contributed by atoms with Gasteiger partial charge in [-0.2, -0.15) is 0 Å². The smallest absolute Gasteiger partial charge is 0.235 e. The van der Waals surface area contributed by atoms with Crippen LogP contribution in [0.25, 0.3) is 0 Å². The van der Waals surface area contributed by atoms with Crippen molar-refractivity contribution in [2.45, 2.75) is 12.8 Å². The average molecular weight is 332 g/mol. The molecule has 0 fully saturated rings. The van der Waals surface area contributed by atoms with E-state index in [0.717, 1.165) is 27.0 Å². The zero-order valence-corrected chi connectivity index (χ0v) is 12.6. The molecular weight excluding hydrogens is 318 g/mol. The summed E-state index contributed by atoms with van der Waals surface area (Å²) in [6.45, 7) is 2.41. The van der Waals surface area contributed by atoms with E-state index < -0.39 is 0 Å². The Hall–Kier alpha value is -1.81. The van der Waals surface area contributed by atoms with Crippen molar-refractivity contribution in [3.63, 3.8) is 0 Å². The third kappa shape index (κ3) is 2.43. The number of carbonyl (C=O) groups is 1. The topological polar surface area (TPSA) is 38.3 Å². The van der Waals surface area contributed by atoms with Crippen molar-refractivity contribution in [3.8, 4) is 5.75 Å². The van der Waals surface area contributed by atoms with Crippen molar-refractivity contribution in [1.82, 2.24) is 0 Å². The molecular formula is C16H14BrNO2. The van der Waals surface area contributed by atoms with Gasteiger partial charge in [-0.15, -0.1) is 0 Å². The molecule has 0 bridgehead atoms. The second-order valence-electron chi connectivity index (χ2n) is 4.85. The van der Waals surface area contributed by atoms with E-state index in [4.69, 9.17) is 4.74 Å². The molecule has 3 rings (SSSR count). The largest absolute Gasteiger partial charge is 0.492 e. The van der Waals surface area contributed by atoms with Crippen molar-refractivity contribution in [1.29, 1.82) is 0 Å². The van der Waals surface area contributed by atoms with E-state index in [2.05, 4.69) is 21.2 Å². The maximum atomic E-state index is 12.4. The lowest BCUT2D eigenvalue weighted by molar-refractivity contribution is -0.117. The number of fused-ring (bicyclic) bond motifs is 1. The van der Waals surface area contributed by atoms with Gasteiger partial charge in [0.05, 0.1) is 0 Å². The molecule has 1 atom stereocenters. The zero-order valence-electron chi connectivity index (χ0n) is 11.0. The molecule has 0 aromatic heterocycles. The summed E-state index contributed by atoms with van der Waals surface area (Å²) in [4.78, 5) is 12.4. The third-order valence-electron chi connectivity index (χ3n) is 3.46. The van der Waals surface area contributed by atoms with Crippen molar-refractivity contribution in [3.05, 3.63) is 58.1 Å². The van der Waals surface area contributed by atoms with Crippen molar-refractivity contribution >= 4 is 27.5 Å². The fraction of sp³-hybridized carbons (Fsp3) is 0.188. The van der Waals surface area contributed by atoms with Crippen molar-refractivity contribution in [2.24, 2.45) is 0 Å². The molecule has 3 nitrogen and oxygen atoms in total. The Morgan fingerprint density at radius 3 is 2.90 bits per heavy atom. The van der Waals surface area contributed by atoms with E-state index in [-0.39, 0.29) is 11.8 Å². The molecule has 1 N–H and O–H groups in total. The quantitative estimate of drug-likeness (QED) is 0.907. The maximum absolute atomic E-state index is 12.4. The molecule has 0 aliphatic carbocycles. The highest BCUT2D eigenvalue weighted by Crippen LogP contribution is 2.34. The maximum Gasteiger partial charge on any atom is 0.235 e. The number of hydrogen-bond donors (Lipinski definition) is 1. The standard InChI is InChI=1S/C16H14BrNO2/c1-10-6-7-11(8-14(10)17)18-16(19)13-9-20-15-5-3-2-4-12(13)15/h2-8,13H,9H2,1H3,(H,18,19). The molecule has 0 spiro atoms. The van der Waals surface area contributed by atoms with Gasteiger partial charge in [0.15, 0.2) is 0 Å². The molecule has 0 saturated heterocycles. The molecule has 2 aromatic carbocycles. The summed E-state index contributed by atoms with van der Waals surface area (Å²) < 4.78 is 6.53. The second-order valence-corrected chi connectivity index (χ2v) is 5.71. The normalized spacial score (nSPS) is 16.4. The predicted molar refractivity (Wildman–Crippen MR) is 82.2 cm³/mol. The van der Waals surface area contributed by atoms with Gasteiger partial charge < -0.3 is 10.1 Å². The van der Waals surface area contributed by atoms with Crippen LogP contribution in [0.2, 0.25) is 0 Å². The van der Waals surface area contributed by atoms with Crippen LogP contribution in [-0.2, 0) is 4.79 Å². The Morgan fingerprint density at radius 2 is 2.10 bits per heavy atom. The lowest BCUT2D eigenvalue weighted by Gasteiger charge is -2.11. The number of ether oxygens (including phenoxy) is 1. The molecule has 1 heterocycles. The molecule has 102 valence electrons. The summed E-state index contributed by atoms with van der Waals surface area (Å²) in [6, 6.07) is 13.5. The van der Waals surface area contributed by atoms with E-state index in [9.17, 15) is 4.79 Å². The van der Waals surface area contributed by atoms with Gasteiger partial charge in [0.2, 0.25) is 5.91 Å². The Kier molecular flexibility index (Phi) is 3.49. The zero-order chi connectivity index (χ0) is 14.1. The summed E-state index contributed by atoms with van der Waals surface area (Å²) in [5.74, 6) is 0.523. The number of halogens is 1. The van der Waals surface area contributed by atoms with Crippen LogP contribution in [-0.4, -0.2) is 12.5 Å². The Labute approximate surface area is 126 Å². The minimum absolute atomic E-state index is 0.0364. The molecule has 1 aliphatic rings. The van der Waals surface area contributed by atoms with Crippen LogP contribution >= 0.6 is 15.9 Å². The first kappa shape index (κ1) is 13.2. The fourth-order valence-electron chi connectivity index (χ4n) is 2.28. The minimum Gasteiger partial charge on any atom is -0.492 e. The number of nitrogens with one attached hydrogen (secondary N) is 1. The average Bonchev–Trinajstić information content (AvgIpc) is 2.87. The molecule has 4 heteroatoms. The van der Waals surface area contributed by atoms with Crippen molar-refractivity contribution < 1.29 is 9.53 Å². The SMILES string of the molecule is Cc1ccc(NC(=O)C2COc3ccccc32)cc1Br. The van der Waals surface area contributed by atoms with Crippen molar-refractivity contribution in [2.75, 3.05) is 11.9 Å². The number of aryl methyl sites for hydroxylation is 1. The van der Waals surface area contributed by atoms with E-state index in [1.807, 2.05) is 49.4 Å². The highest BCUT2D eigenvalue weighted by Gasteiger charge is 2.29. The summed E-state index contributed by atoms with van der Waals surface area (Å²) in [7, 11) is 0. The molecule has 0 radical (unpaired) electrons. The Bertz CT molecular complexity index is 669. The number of hydrogen-bond acceptors (Lipinski definition) is 2. The van der Waals surface area contributed by atoms with Gasteiger partial charge in [-0.3, -0.25) is 4.79 Å². The van der Waals surface area contributed by atoms with Gasteiger partial charge in [0.25, 0.3) is 0 Å². The van der Waals surface area contributed by atoms with Crippen LogP contribution < -0.4 is 10.1 Å². The molecule has 2 aromatic rings. The second kappa shape index (κ2) is 5.29. The van der Waals surface area contributed by atoms with Gasteiger partial charge in [-0.05, 0) is 30.7 Å². The highest BCUT2D eigenvalue weighted by atomic mass is 79.9. The van der Waals surface area contributed by atoms with Crippen LogP contribution in [0.5, 0.6) is 5.75 Å². The summed E-state index contributed by atoms with van der Waals surface area (Å²) in [6.07, 6.45) is 0. The fourth-order valence-corrected chi connectivity index (χ4v) is 2.66. The summed E-state index contributed by atoms with van der Waals surface area (Å²) in [5, 5.41) is 2.94. The minimum atomic E-state index is -0.244. The van der Waals surface area contributed by atoms with Crippen LogP contribution in [0.1, 0.15) is 17.0 Å². The van der Waals surface area contributed by atoms with Gasteiger partial charge in [-0.1, -0.05) is 40.2 Å². The number of carbonyl (C=O) groups excluding carboxylic acids is 1. The molecule has 1 unspecified atom stereocenters. The number of benzene rings is 2. The van der Waals surface area contributed by atoms with Gasteiger partial charge >= 0.3 is 0 Å². The summed E-state index contributed by atoms with van der Waals surface area (Å²) >= 11 is 3.47. The van der Waals surface area contributed by atoms with Crippen LogP contribution in [0, 0.1) is 6.92 Å². The lowest BCUT2D eigenvalue weighted by Crippen LogP contribution is -2.22. The van der Waals surface area contributed by atoms with Crippen LogP contribution in [0.15, 0.2) is 46.9 Å². The molecule has 0 saturated carbocycles. The van der Waals surface area contributed by atoms with Crippen LogP contribution in [0.4, 0.5) is 5.69 Å². The van der Waals surface area contributed by atoms with Gasteiger partial charge in [0, 0.05) is 15.7 Å². The van der Waals surface area contributed by atoms with Gasteiger partial charge in [-0.25, -0.2) is 0 Å². The first-order valence-electron chi connectivity index (χ1n) is 6.44. The Morgan fingerprint density at radius 1 is 1.30 bits per heavy atom. The van der Waals surface area contributed by atoms with E-state index in [1.165, 1.54) is 0 Å². The lowest BCUT2D eigenvalue weighted by atomic mass is 10.0. The number of amides is 1. The Balaban J connectivity index is 1.79. The first-order valence-corrected chi connectivity index (χ1v) is 7.23. The first-order chi connectivity index (χ1) is 9.65.